The highest BCUT2D eigenvalue weighted by Gasteiger charge is 2.23. The van der Waals surface area contributed by atoms with Gasteiger partial charge in [0.2, 0.25) is 0 Å². The van der Waals surface area contributed by atoms with E-state index in [4.69, 9.17) is 9.47 Å². The van der Waals surface area contributed by atoms with Crippen LogP contribution in [0, 0.1) is 0 Å². The predicted octanol–water partition coefficient (Wildman–Crippen LogP) is 2.99. The molecule has 0 saturated carbocycles. The molecule has 1 heterocycles. The molecule has 0 aliphatic carbocycles. The average molecular weight is 308 g/mol. The van der Waals surface area contributed by atoms with E-state index < -0.39 is 0 Å². The van der Waals surface area contributed by atoms with Gasteiger partial charge in [0.25, 0.3) is 0 Å². The predicted molar refractivity (Wildman–Crippen MR) is 57.1 cm³/mol. The molecule has 70 valence electrons. The molecule has 2 nitrogen and oxygen atoms in total. The van der Waals surface area contributed by atoms with Crippen LogP contribution in [0.25, 0.3) is 0 Å². The summed E-state index contributed by atoms with van der Waals surface area (Å²) in [5.41, 5.74) is 0. The third-order valence-corrected chi connectivity index (χ3v) is 2.87. The first-order chi connectivity index (χ1) is 6.25. The molecule has 0 spiro atoms. The molecule has 13 heavy (non-hydrogen) atoms. The maximum Gasteiger partial charge on any atom is 0.134 e. The second-order valence-corrected chi connectivity index (χ2v) is 4.61. The maximum absolute atomic E-state index is 5.54. The summed E-state index contributed by atoms with van der Waals surface area (Å²) >= 11 is 6.80. The Bertz CT molecular complexity index is 310. The van der Waals surface area contributed by atoms with Gasteiger partial charge in [-0.15, -0.1) is 0 Å². The van der Waals surface area contributed by atoms with Gasteiger partial charge in [-0.05, 0) is 34.1 Å². The van der Waals surface area contributed by atoms with Gasteiger partial charge in [0, 0.05) is 4.47 Å². The number of hydrogen-bond acceptors (Lipinski definition) is 2. The molecule has 0 bridgehead atoms. The van der Waals surface area contributed by atoms with Gasteiger partial charge in [-0.2, -0.15) is 0 Å². The van der Waals surface area contributed by atoms with E-state index in [1.807, 2.05) is 18.2 Å². The summed E-state index contributed by atoms with van der Waals surface area (Å²) in [7, 11) is 0. The van der Waals surface area contributed by atoms with Crippen LogP contribution in [-0.2, 0) is 4.74 Å². The summed E-state index contributed by atoms with van der Waals surface area (Å²) < 4.78 is 12.6. The highest BCUT2D eigenvalue weighted by molar-refractivity contribution is 9.11. The van der Waals surface area contributed by atoms with Crippen molar-refractivity contribution in [1.82, 2.24) is 0 Å². The van der Waals surface area contributed by atoms with E-state index in [-0.39, 0.29) is 0 Å². The quantitative estimate of drug-likeness (QED) is 0.801. The molecular weight excluding hydrogens is 300 g/mol. The lowest BCUT2D eigenvalue weighted by Gasteiger charge is -2.06. The van der Waals surface area contributed by atoms with Crippen LogP contribution in [0.2, 0.25) is 0 Å². The van der Waals surface area contributed by atoms with Gasteiger partial charge in [-0.1, -0.05) is 15.9 Å². The van der Waals surface area contributed by atoms with Crippen LogP contribution in [-0.4, -0.2) is 19.3 Å². The average Bonchev–Trinajstić information content (AvgIpc) is 2.90. The topological polar surface area (TPSA) is 21.8 Å². The zero-order valence-electron chi connectivity index (χ0n) is 6.80. The van der Waals surface area contributed by atoms with E-state index in [9.17, 15) is 0 Å². The molecule has 1 fully saturated rings. The highest BCUT2D eigenvalue weighted by atomic mass is 79.9. The zero-order valence-corrected chi connectivity index (χ0v) is 9.97. The highest BCUT2D eigenvalue weighted by Crippen LogP contribution is 2.29. The van der Waals surface area contributed by atoms with Gasteiger partial charge in [0.15, 0.2) is 0 Å². The molecule has 0 aromatic heterocycles. The fourth-order valence-corrected chi connectivity index (χ4v) is 1.64. The van der Waals surface area contributed by atoms with Crippen molar-refractivity contribution in [3.8, 4) is 5.75 Å². The van der Waals surface area contributed by atoms with Crippen LogP contribution in [0.1, 0.15) is 0 Å². The molecule has 4 heteroatoms. The number of benzene rings is 1. The standard InChI is InChI=1S/C9H8Br2O2/c10-6-1-2-8(11)9(3-6)13-5-7-4-12-7/h1-3,7H,4-5H2. The summed E-state index contributed by atoms with van der Waals surface area (Å²) in [6.07, 6.45) is 0.297. The minimum Gasteiger partial charge on any atom is -0.490 e. The summed E-state index contributed by atoms with van der Waals surface area (Å²) in [6, 6.07) is 5.85. The molecule has 0 amide bonds. The maximum atomic E-state index is 5.54. The Balaban J connectivity index is 2.03. The minimum absolute atomic E-state index is 0.297. The monoisotopic (exact) mass is 306 g/mol. The Kier molecular flexibility index (Phi) is 2.91. The van der Waals surface area contributed by atoms with Gasteiger partial charge >= 0.3 is 0 Å². The second kappa shape index (κ2) is 3.98. The smallest absolute Gasteiger partial charge is 0.134 e. The molecule has 1 unspecified atom stereocenters. The SMILES string of the molecule is Brc1ccc(Br)c(OCC2CO2)c1. The van der Waals surface area contributed by atoms with Crippen molar-refractivity contribution in [2.24, 2.45) is 0 Å². The molecule has 0 N–H and O–H groups in total. The van der Waals surface area contributed by atoms with E-state index in [1.54, 1.807) is 0 Å². The van der Waals surface area contributed by atoms with Gasteiger partial charge in [0.05, 0.1) is 11.1 Å². The molecule has 1 aromatic rings. The Morgan fingerprint density at radius 1 is 1.46 bits per heavy atom. The minimum atomic E-state index is 0.297. The van der Waals surface area contributed by atoms with Crippen molar-refractivity contribution in [3.05, 3.63) is 27.1 Å². The third kappa shape index (κ3) is 2.69. The number of ether oxygens (including phenoxy) is 2. The van der Waals surface area contributed by atoms with Crippen LogP contribution < -0.4 is 4.74 Å². The Morgan fingerprint density at radius 2 is 2.23 bits per heavy atom. The van der Waals surface area contributed by atoms with Crippen LogP contribution in [0.5, 0.6) is 5.75 Å². The van der Waals surface area contributed by atoms with Crippen LogP contribution in [0.4, 0.5) is 0 Å². The lowest BCUT2D eigenvalue weighted by atomic mass is 10.3. The molecule has 1 aliphatic rings. The number of hydrogen-bond donors (Lipinski definition) is 0. The van der Waals surface area contributed by atoms with Gasteiger partial charge in [-0.3, -0.25) is 0 Å². The molecule has 0 radical (unpaired) electrons. The van der Waals surface area contributed by atoms with Crippen LogP contribution in [0.15, 0.2) is 27.1 Å². The number of rotatable bonds is 3. The Labute approximate surface area is 93.5 Å². The summed E-state index contributed by atoms with van der Waals surface area (Å²) in [5.74, 6) is 0.852. The van der Waals surface area contributed by atoms with Crippen molar-refractivity contribution in [1.29, 1.82) is 0 Å². The lowest BCUT2D eigenvalue weighted by molar-refractivity contribution is 0.261. The van der Waals surface area contributed by atoms with Crippen molar-refractivity contribution < 1.29 is 9.47 Å². The summed E-state index contributed by atoms with van der Waals surface area (Å²) in [5, 5.41) is 0. The number of halogens is 2. The summed E-state index contributed by atoms with van der Waals surface area (Å²) in [6.45, 7) is 1.46. The Hall–Kier alpha value is -0.0600. The van der Waals surface area contributed by atoms with Gasteiger partial charge in [-0.25, -0.2) is 0 Å². The van der Waals surface area contributed by atoms with Gasteiger partial charge < -0.3 is 9.47 Å². The van der Waals surface area contributed by atoms with Gasteiger partial charge in [0.1, 0.15) is 18.5 Å². The fraction of sp³-hybridized carbons (Fsp3) is 0.333. The molecule has 2 rings (SSSR count). The molecule has 1 saturated heterocycles. The third-order valence-electron chi connectivity index (χ3n) is 1.72. The van der Waals surface area contributed by atoms with Crippen molar-refractivity contribution in [2.45, 2.75) is 6.10 Å². The van der Waals surface area contributed by atoms with E-state index in [2.05, 4.69) is 31.9 Å². The van der Waals surface area contributed by atoms with E-state index in [1.165, 1.54) is 0 Å². The first-order valence-electron chi connectivity index (χ1n) is 3.95. The second-order valence-electron chi connectivity index (χ2n) is 2.84. The normalized spacial score (nSPS) is 20.0. The van der Waals surface area contributed by atoms with E-state index >= 15 is 0 Å². The summed E-state index contributed by atoms with van der Waals surface area (Å²) in [4.78, 5) is 0. The lowest BCUT2D eigenvalue weighted by Crippen LogP contribution is -2.04. The van der Waals surface area contributed by atoms with E-state index in [0.29, 0.717) is 12.7 Å². The van der Waals surface area contributed by atoms with Crippen LogP contribution >= 0.6 is 31.9 Å². The first kappa shape index (κ1) is 9.49. The molecule has 1 aromatic carbocycles. The zero-order chi connectivity index (χ0) is 9.26. The molecule has 1 aliphatic heterocycles. The van der Waals surface area contributed by atoms with Crippen LogP contribution in [0.3, 0.4) is 0 Å². The van der Waals surface area contributed by atoms with E-state index in [0.717, 1.165) is 21.3 Å². The van der Waals surface area contributed by atoms with Crippen molar-refractivity contribution >= 4 is 31.9 Å². The van der Waals surface area contributed by atoms with Crippen molar-refractivity contribution in [2.75, 3.05) is 13.2 Å². The largest absolute Gasteiger partial charge is 0.490 e. The fourth-order valence-electron chi connectivity index (χ4n) is 0.935. The Morgan fingerprint density at radius 3 is 2.92 bits per heavy atom. The molecule has 1 atom stereocenters. The van der Waals surface area contributed by atoms with Crippen molar-refractivity contribution in [3.63, 3.8) is 0 Å². The first-order valence-corrected chi connectivity index (χ1v) is 5.54. The molecular formula is C9H8Br2O2. The number of epoxide rings is 1.